The summed E-state index contributed by atoms with van der Waals surface area (Å²) >= 11 is 0. The van der Waals surface area contributed by atoms with Gasteiger partial charge in [-0.05, 0) is 54.8 Å². The zero-order valence-corrected chi connectivity index (χ0v) is 17.3. The van der Waals surface area contributed by atoms with E-state index < -0.39 is 0 Å². The second-order valence-corrected chi connectivity index (χ2v) is 7.12. The molecule has 152 valence electrons. The van der Waals surface area contributed by atoms with Crippen molar-refractivity contribution in [1.29, 1.82) is 0 Å². The number of carbonyl (C=O) groups is 1. The average molecular weight is 399 g/mol. The van der Waals surface area contributed by atoms with Crippen molar-refractivity contribution in [2.24, 2.45) is 5.10 Å². The zero-order valence-electron chi connectivity index (χ0n) is 17.3. The molecule has 5 nitrogen and oxygen atoms in total. The Morgan fingerprint density at radius 1 is 1.00 bits per heavy atom. The molecule has 0 atom stereocenters. The highest BCUT2D eigenvalue weighted by molar-refractivity contribution is 6.09. The number of nitrogens with one attached hydrogen (secondary N) is 1. The highest BCUT2D eigenvalue weighted by atomic mass is 16.5. The van der Waals surface area contributed by atoms with Gasteiger partial charge in [-0.25, -0.2) is 5.43 Å². The number of hydrogen-bond donors (Lipinski definition) is 1. The lowest BCUT2D eigenvalue weighted by atomic mass is 10.1. The summed E-state index contributed by atoms with van der Waals surface area (Å²) in [7, 11) is 0. The molecule has 1 N–H and O–H groups in total. The first-order valence-corrected chi connectivity index (χ1v) is 10.2. The number of fused-ring (bicyclic) bond motifs is 3. The van der Waals surface area contributed by atoms with Gasteiger partial charge in [0, 0.05) is 28.4 Å². The Bertz CT molecular complexity index is 1210. The SMILES string of the molecule is CCc1ccc(OCC(=O)N/N=C/c2ccc3c(c2)c2ccccc2n3CC)cc1. The molecule has 0 saturated heterocycles. The van der Waals surface area contributed by atoms with Crippen molar-refractivity contribution < 1.29 is 9.53 Å². The van der Waals surface area contributed by atoms with Gasteiger partial charge in [0.15, 0.2) is 6.61 Å². The number of carbonyl (C=O) groups excluding carboxylic acids is 1. The first-order valence-electron chi connectivity index (χ1n) is 10.2. The van der Waals surface area contributed by atoms with Gasteiger partial charge in [-0.2, -0.15) is 5.10 Å². The molecular formula is C25H25N3O2. The highest BCUT2D eigenvalue weighted by Crippen LogP contribution is 2.29. The Hall–Kier alpha value is -3.60. The van der Waals surface area contributed by atoms with Crippen LogP contribution in [-0.2, 0) is 17.8 Å². The van der Waals surface area contributed by atoms with Gasteiger partial charge in [0.1, 0.15) is 5.75 Å². The molecule has 5 heteroatoms. The van der Waals surface area contributed by atoms with E-state index in [0.717, 1.165) is 18.5 Å². The molecule has 0 bridgehead atoms. The number of rotatable bonds is 7. The smallest absolute Gasteiger partial charge is 0.277 e. The fourth-order valence-electron chi connectivity index (χ4n) is 3.67. The summed E-state index contributed by atoms with van der Waals surface area (Å²) in [6.45, 7) is 5.08. The summed E-state index contributed by atoms with van der Waals surface area (Å²) < 4.78 is 7.81. The second-order valence-electron chi connectivity index (χ2n) is 7.12. The van der Waals surface area contributed by atoms with Gasteiger partial charge in [-0.15, -0.1) is 0 Å². The minimum Gasteiger partial charge on any atom is -0.484 e. The van der Waals surface area contributed by atoms with E-state index in [1.54, 1.807) is 6.21 Å². The van der Waals surface area contributed by atoms with Crippen molar-refractivity contribution >= 4 is 33.9 Å². The van der Waals surface area contributed by atoms with Gasteiger partial charge in [0.2, 0.25) is 0 Å². The van der Waals surface area contributed by atoms with Crippen molar-refractivity contribution in [2.75, 3.05) is 6.61 Å². The van der Waals surface area contributed by atoms with Crippen molar-refractivity contribution in [3.8, 4) is 5.75 Å². The first kappa shape index (κ1) is 19.7. The third kappa shape index (κ3) is 4.06. The maximum Gasteiger partial charge on any atom is 0.277 e. The summed E-state index contributed by atoms with van der Waals surface area (Å²) in [5, 5.41) is 6.48. The number of para-hydroxylation sites is 1. The van der Waals surface area contributed by atoms with Crippen LogP contribution in [-0.4, -0.2) is 23.3 Å². The molecule has 0 radical (unpaired) electrons. The van der Waals surface area contributed by atoms with Gasteiger partial charge >= 0.3 is 0 Å². The fourth-order valence-corrected chi connectivity index (χ4v) is 3.67. The molecule has 0 spiro atoms. The topological polar surface area (TPSA) is 55.6 Å². The van der Waals surface area contributed by atoms with E-state index in [4.69, 9.17) is 4.74 Å². The van der Waals surface area contributed by atoms with E-state index in [-0.39, 0.29) is 12.5 Å². The number of aryl methyl sites for hydroxylation is 2. The fraction of sp³-hybridized carbons (Fsp3) is 0.200. The molecule has 30 heavy (non-hydrogen) atoms. The Labute approximate surface area is 176 Å². The average Bonchev–Trinajstić information content (AvgIpc) is 3.11. The number of ether oxygens (including phenoxy) is 1. The summed E-state index contributed by atoms with van der Waals surface area (Å²) in [4.78, 5) is 12.0. The molecule has 0 unspecified atom stereocenters. The van der Waals surface area contributed by atoms with Crippen LogP contribution in [0.3, 0.4) is 0 Å². The third-order valence-corrected chi connectivity index (χ3v) is 5.22. The third-order valence-electron chi connectivity index (χ3n) is 5.22. The van der Waals surface area contributed by atoms with E-state index in [1.807, 2.05) is 30.3 Å². The van der Waals surface area contributed by atoms with E-state index >= 15 is 0 Å². The lowest BCUT2D eigenvalue weighted by molar-refractivity contribution is -0.123. The predicted octanol–water partition coefficient (Wildman–Crippen LogP) is 4.91. The molecule has 0 fully saturated rings. The molecule has 0 saturated carbocycles. The number of amides is 1. The molecular weight excluding hydrogens is 374 g/mol. The maximum absolute atomic E-state index is 12.0. The molecule has 0 aliphatic heterocycles. The quantitative estimate of drug-likeness (QED) is 0.355. The summed E-state index contributed by atoms with van der Waals surface area (Å²) in [5.41, 5.74) is 7.11. The van der Waals surface area contributed by atoms with Gasteiger partial charge in [0.25, 0.3) is 5.91 Å². The summed E-state index contributed by atoms with van der Waals surface area (Å²) in [6, 6.07) is 22.3. The van der Waals surface area contributed by atoms with Gasteiger partial charge < -0.3 is 9.30 Å². The number of aromatic nitrogens is 1. The molecule has 1 amide bonds. The summed E-state index contributed by atoms with van der Waals surface area (Å²) in [6.07, 6.45) is 2.63. The van der Waals surface area contributed by atoms with Crippen LogP contribution < -0.4 is 10.2 Å². The zero-order chi connectivity index (χ0) is 20.9. The Kier molecular flexibility index (Phi) is 5.80. The molecule has 4 rings (SSSR count). The van der Waals surface area contributed by atoms with Gasteiger partial charge in [-0.3, -0.25) is 4.79 Å². The maximum atomic E-state index is 12.0. The van der Waals surface area contributed by atoms with Crippen LogP contribution >= 0.6 is 0 Å². The standard InChI is InChI=1S/C25H25N3O2/c1-3-18-9-12-20(13-10-18)30-17-25(29)27-26-16-19-11-14-24-22(15-19)21-7-5-6-8-23(21)28(24)4-2/h5-16H,3-4,17H2,1-2H3,(H,27,29)/b26-16+. The highest BCUT2D eigenvalue weighted by Gasteiger charge is 2.09. The Balaban J connectivity index is 1.42. The van der Waals surface area contributed by atoms with Crippen LogP contribution in [0.15, 0.2) is 71.8 Å². The van der Waals surface area contributed by atoms with Crippen molar-refractivity contribution in [1.82, 2.24) is 9.99 Å². The van der Waals surface area contributed by atoms with Crippen LogP contribution in [0.4, 0.5) is 0 Å². The predicted molar refractivity (Wildman–Crippen MR) is 122 cm³/mol. The first-order chi connectivity index (χ1) is 14.7. The van der Waals surface area contributed by atoms with Crippen LogP contribution in [0, 0.1) is 0 Å². The molecule has 3 aromatic carbocycles. The lowest BCUT2D eigenvalue weighted by Crippen LogP contribution is -2.24. The van der Waals surface area contributed by atoms with Crippen LogP contribution in [0.1, 0.15) is 25.0 Å². The Morgan fingerprint density at radius 3 is 2.53 bits per heavy atom. The van der Waals surface area contributed by atoms with Crippen LogP contribution in [0.2, 0.25) is 0 Å². The van der Waals surface area contributed by atoms with Crippen molar-refractivity contribution in [3.63, 3.8) is 0 Å². The van der Waals surface area contributed by atoms with Crippen molar-refractivity contribution in [2.45, 2.75) is 26.8 Å². The number of hydrazone groups is 1. The summed E-state index contributed by atoms with van der Waals surface area (Å²) in [5.74, 6) is 0.374. The number of benzene rings is 3. The largest absolute Gasteiger partial charge is 0.484 e. The normalized spacial score (nSPS) is 11.4. The Morgan fingerprint density at radius 2 is 1.77 bits per heavy atom. The van der Waals surface area contributed by atoms with E-state index in [1.165, 1.54) is 27.4 Å². The number of nitrogens with zero attached hydrogens (tertiary/aromatic N) is 2. The monoisotopic (exact) mass is 399 g/mol. The molecule has 4 aromatic rings. The van der Waals surface area contributed by atoms with E-state index in [2.05, 4.69) is 65.3 Å². The lowest BCUT2D eigenvalue weighted by Gasteiger charge is -2.05. The second kappa shape index (κ2) is 8.82. The van der Waals surface area contributed by atoms with E-state index in [0.29, 0.717) is 5.75 Å². The van der Waals surface area contributed by atoms with E-state index in [9.17, 15) is 4.79 Å². The van der Waals surface area contributed by atoms with Crippen LogP contribution in [0.25, 0.3) is 21.8 Å². The molecule has 1 aromatic heterocycles. The minimum absolute atomic E-state index is 0.0775. The minimum atomic E-state index is -0.297. The molecule has 0 aliphatic carbocycles. The molecule has 1 heterocycles. The van der Waals surface area contributed by atoms with Gasteiger partial charge in [-0.1, -0.05) is 43.3 Å². The number of hydrogen-bond acceptors (Lipinski definition) is 3. The molecule has 0 aliphatic rings. The van der Waals surface area contributed by atoms with Crippen LogP contribution in [0.5, 0.6) is 5.75 Å². The van der Waals surface area contributed by atoms with Gasteiger partial charge in [0.05, 0.1) is 6.21 Å². The van der Waals surface area contributed by atoms with Crippen molar-refractivity contribution in [3.05, 3.63) is 77.9 Å².